The SMILES string of the molecule is Oc1c2c(c(O)n1CCCN1CCN(c3cc(F)ccc3OC3CCCC3)CC1)CC(F)C(F)C2. The second-order valence-electron chi connectivity index (χ2n) is 10.0. The minimum atomic E-state index is -1.65. The van der Waals surface area contributed by atoms with E-state index in [4.69, 9.17) is 4.74 Å². The first-order valence-electron chi connectivity index (χ1n) is 12.7. The van der Waals surface area contributed by atoms with Gasteiger partial charge in [-0.3, -0.25) is 9.47 Å². The standard InChI is InChI=1S/C26H34F3N3O3/c27-17-6-7-24(35-18-4-1-2-5-18)23(14-17)31-12-10-30(11-13-31)8-3-9-32-25(33)19-15-21(28)22(29)16-20(19)26(32)34/h6-7,14,18,21-22,33-34H,1-5,8-13,15-16H2. The van der Waals surface area contributed by atoms with E-state index in [0.717, 1.165) is 57.0 Å². The van der Waals surface area contributed by atoms with Crippen LogP contribution in [0.2, 0.25) is 0 Å². The van der Waals surface area contributed by atoms with Crippen molar-refractivity contribution in [1.29, 1.82) is 0 Å². The van der Waals surface area contributed by atoms with Crippen LogP contribution in [0.4, 0.5) is 18.9 Å². The lowest BCUT2D eigenvalue weighted by molar-refractivity contribution is 0.154. The first-order valence-corrected chi connectivity index (χ1v) is 12.7. The van der Waals surface area contributed by atoms with Gasteiger partial charge in [-0.1, -0.05) is 0 Å². The van der Waals surface area contributed by atoms with Crippen LogP contribution in [0.1, 0.15) is 43.2 Å². The zero-order chi connectivity index (χ0) is 24.5. The summed E-state index contributed by atoms with van der Waals surface area (Å²) in [5.74, 6) is 0.171. The smallest absolute Gasteiger partial charge is 0.197 e. The maximum atomic E-state index is 14.0. The topological polar surface area (TPSA) is 61.1 Å². The molecular formula is C26H34F3N3O3. The molecule has 0 radical (unpaired) electrons. The highest BCUT2D eigenvalue weighted by molar-refractivity contribution is 5.59. The summed E-state index contributed by atoms with van der Waals surface area (Å²) < 4.78 is 49.1. The Balaban J connectivity index is 1.15. The van der Waals surface area contributed by atoms with Gasteiger partial charge >= 0.3 is 0 Å². The Morgan fingerprint density at radius 3 is 2.14 bits per heavy atom. The van der Waals surface area contributed by atoms with E-state index in [1.807, 2.05) is 0 Å². The Hall–Kier alpha value is -2.55. The molecule has 5 rings (SSSR count). The first-order chi connectivity index (χ1) is 16.9. The summed E-state index contributed by atoms with van der Waals surface area (Å²) in [7, 11) is 0. The van der Waals surface area contributed by atoms with Gasteiger partial charge in [-0.05, 0) is 50.8 Å². The predicted octanol–water partition coefficient (Wildman–Crippen LogP) is 4.35. The Labute approximate surface area is 203 Å². The Morgan fingerprint density at radius 2 is 1.51 bits per heavy atom. The molecule has 35 heavy (non-hydrogen) atoms. The van der Waals surface area contributed by atoms with Crippen LogP contribution in [0, 0.1) is 5.82 Å². The summed E-state index contributed by atoms with van der Waals surface area (Å²) in [6.45, 7) is 4.20. The number of piperazine rings is 1. The summed E-state index contributed by atoms with van der Waals surface area (Å²) >= 11 is 0. The van der Waals surface area contributed by atoms with Crippen LogP contribution in [0.5, 0.6) is 17.5 Å². The van der Waals surface area contributed by atoms with Crippen molar-refractivity contribution in [2.24, 2.45) is 0 Å². The van der Waals surface area contributed by atoms with Crippen molar-refractivity contribution in [3.63, 3.8) is 0 Å². The number of halogens is 3. The van der Waals surface area contributed by atoms with Gasteiger partial charge in [-0.25, -0.2) is 13.2 Å². The normalized spacial score (nSPS) is 23.6. The average molecular weight is 494 g/mol. The van der Waals surface area contributed by atoms with Crippen LogP contribution in [0.3, 0.4) is 0 Å². The van der Waals surface area contributed by atoms with Crippen molar-refractivity contribution in [3.05, 3.63) is 35.1 Å². The third-order valence-electron chi connectivity index (χ3n) is 7.69. The lowest BCUT2D eigenvalue weighted by Gasteiger charge is -2.37. The molecular weight excluding hydrogens is 459 g/mol. The van der Waals surface area contributed by atoms with Crippen LogP contribution in [-0.4, -0.2) is 70.9 Å². The number of benzene rings is 1. The zero-order valence-electron chi connectivity index (χ0n) is 19.9. The molecule has 2 heterocycles. The lowest BCUT2D eigenvalue weighted by Crippen LogP contribution is -2.47. The van der Waals surface area contributed by atoms with Gasteiger partial charge in [0.1, 0.15) is 23.9 Å². The molecule has 1 saturated heterocycles. The molecule has 1 aromatic carbocycles. The summed E-state index contributed by atoms with van der Waals surface area (Å²) in [5, 5.41) is 20.9. The van der Waals surface area contributed by atoms with E-state index in [9.17, 15) is 23.4 Å². The summed E-state index contributed by atoms with van der Waals surface area (Å²) in [5.41, 5.74) is 1.45. The fraction of sp³-hybridized carbons (Fsp3) is 0.615. The fourth-order valence-electron chi connectivity index (χ4n) is 5.67. The molecule has 3 aliphatic rings. The van der Waals surface area contributed by atoms with Gasteiger partial charge in [-0.2, -0.15) is 0 Å². The van der Waals surface area contributed by atoms with E-state index >= 15 is 0 Å². The molecule has 2 unspecified atom stereocenters. The molecule has 192 valence electrons. The quantitative estimate of drug-likeness (QED) is 0.601. The summed E-state index contributed by atoms with van der Waals surface area (Å²) in [6, 6.07) is 4.75. The molecule has 2 N–H and O–H groups in total. The van der Waals surface area contributed by atoms with Gasteiger partial charge in [0.05, 0.1) is 11.8 Å². The molecule has 2 atom stereocenters. The zero-order valence-corrected chi connectivity index (χ0v) is 19.9. The van der Waals surface area contributed by atoms with Crippen LogP contribution >= 0.6 is 0 Å². The van der Waals surface area contributed by atoms with Crippen LogP contribution < -0.4 is 9.64 Å². The minimum Gasteiger partial charge on any atom is -0.494 e. The summed E-state index contributed by atoms with van der Waals surface area (Å²) in [6.07, 6.45) is 1.59. The van der Waals surface area contributed by atoms with E-state index < -0.39 is 12.3 Å². The predicted molar refractivity (Wildman–Crippen MR) is 128 cm³/mol. The van der Waals surface area contributed by atoms with Crippen molar-refractivity contribution in [2.75, 3.05) is 37.6 Å². The number of hydrogen-bond acceptors (Lipinski definition) is 5. The van der Waals surface area contributed by atoms with Crippen LogP contribution in [0.25, 0.3) is 0 Å². The van der Waals surface area contributed by atoms with Crippen molar-refractivity contribution in [3.8, 4) is 17.5 Å². The van der Waals surface area contributed by atoms with Crippen LogP contribution in [-0.2, 0) is 19.4 Å². The largest absolute Gasteiger partial charge is 0.494 e. The molecule has 2 aromatic rings. The van der Waals surface area contributed by atoms with E-state index in [2.05, 4.69) is 9.80 Å². The first kappa shape index (κ1) is 24.2. The molecule has 2 fully saturated rings. The van der Waals surface area contributed by atoms with Crippen molar-refractivity contribution in [1.82, 2.24) is 9.47 Å². The third-order valence-corrected chi connectivity index (χ3v) is 7.69. The molecule has 6 nitrogen and oxygen atoms in total. The minimum absolute atomic E-state index is 0.155. The molecule has 0 bridgehead atoms. The number of nitrogens with zero attached hydrogens (tertiary/aromatic N) is 3. The molecule has 9 heteroatoms. The molecule has 0 amide bonds. The maximum absolute atomic E-state index is 14.0. The van der Waals surface area contributed by atoms with Crippen molar-refractivity contribution in [2.45, 2.75) is 69.9 Å². The second kappa shape index (κ2) is 10.2. The number of anilines is 1. The average Bonchev–Trinajstić information content (AvgIpc) is 3.44. The highest BCUT2D eigenvalue weighted by atomic mass is 19.2. The number of aromatic hydroxyl groups is 2. The van der Waals surface area contributed by atoms with Gasteiger partial charge in [0, 0.05) is 62.8 Å². The fourth-order valence-corrected chi connectivity index (χ4v) is 5.67. The molecule has 2 aliphatic carbocycles. The Morgan fingerprint density at radius 1 is 0.886 bits per heavy atom. The van der Waals surface area contributed by atoms with Crippen molar-refractivity contribution < 1.29 is 28.1 Å². The van der Waals surface area contributed by atoms with Gasteiger partial charge in [-0.15, -0.1) is 0 Å². The molecule has 1 aromatic heterocycles. The number of ether oxygens (including phenoxy) is 1. The number of aromatic nitrogens is 1. The number of rotatable bonds is 7. The molecule has 1 saturated carbocycles. The lowest BCUT2D eigenvalue weighted by atomic mass is 9.92. The monoisotopic (exact) mass is 493 g/mol. The maximum Gasteiger partial charge on any atom is 0.197 e. The van der Waals surface area contributed by atoms with Crippen LogP contribution in [0.15, 0.2) is 18.2 Å². The van der Waals surface area contributed by atoms with E-state index in [0.29, 0.717) is 24.1 Å². The molecule has 1 aliphatic heterocycles. The molecule has 0 spiro atoms. The van der Waals surface area contributed by atoms with E-state index in [1.165, 1.54) is 23.5 Å². The van der Waals surface area contributed by atoms with Gasteiger partial charge in [0.25, 0.3) is 0 Å². The number of alkyl halides is 2. The highest BCUT2D eigenvalue weighted by Crippen LogP contribution is 2.40. The number of hydrogen-bond donors (Lipinski definition) is 2. The Bertz CT molecular complexity index is 999. The van der Waals surface area contributed by atoms with Crippen molar-refractivity contribution >= 4 is 5.69 Å². The Kier molecular flexibility index (Phi) is 7.05. The third kappa shape index (κ3) is 5.06. The second-order valence-corrected chi connectivity index (χ2v) is 10.0. The van der Waals surface area contributed by atoms with Gasteiger partial charge in [0.15, 0.2) is 11.8 Å². The van der Waals surface area contributed by atoms with E-state index in [-0.39, 0.29) is 36.5 Å². The van der Waals surface area contributed by atoms with Gasteiger partial charge < -0.3 is 19.8 Å². The van der Waals surface area contributed by atoms with Gasteiger partial charge in [0.2, 0.25) is 0 Å². The van der Waals surface area contributed by atoms with E-state index in [1.54, 1.807) is 12.1 Å². The number of fused-ring (bicyclic) bond motifs is 1. The highest BCUT2D eigenvalue weighted by Gasteiger charge is 2.35. The summed E-state index contributed by atoms with van der Waals surface area (Å²) in [4.78, 5) is 4.46.